The summed E-state index contributed by atoms with van der Waals surface area (Å²) in [5.41, 5.74) is -0.957. The average molecular weight is 371 g/mol. The monoisotopic (exact) mass is 371 g/mol. The first-order chi connectivity index (χ1) is 12.0. The van der Waals surface area contributed by atoms with Gasteiger partial charge in [0.1, 0.15) is 0 Å². The third-order valence-electron chi connectivity index (χ3n) is 4.86. The molecule has 0 saturated carbocycles. The molecule has 1 heterocycles. The standard InChI is InChI=1S/C19H33NO6/c1-18(2)12-14(13-19(3,4)20(18)24)17(23)26-11-7-6-8-15(25-5)9-10-16(21)22/h9-10,14-15,24H,6-8,11-13H2,1-5H3,(H,21,22)/b10-9+. The van der Waals surface area contributed by atoms with Gasteiger partial charge in [0.15, 0.2) is 0 Å². The van der Waals surface area contributed by atoms with E-state index in [1.807, 2.05) is 27.7 Å². The molecule has 7 heteroatoms. The van der Waals surface area contributed by atoms with Crippen molar-refractivity contribution in [1.29, 1.82) is 0 Å². The normalized spacial score (nSPS) is 21.6. The number of hydroxylamine groups is 2. The van der Waals surface area contributed by atoms with E-state index in [2.05, 4.69) is 0 Å². The maximum Gasteiger partial charge on any atom is 0.328 e. The zero-order valence-electron chi connectivity index (χ0n) is 16.5. The van der Waals surface area contributed by atoms with E-state index in [0.29, 0.717) is 32.3 Å². The number of carbonyl (C=O) groups excluding carboxylic acids is 1. The fraction of sp³-hybridized carbons (Fsp3) is 0.789. The summed E-state index contributed by atoms with van der Waals surface area (Å²) in [6, 6.07) is 0. The van der Waals surface area contributed by atoms with Gasteiger partial charge in [-0.1, -0.05) is 0 Å². The fourth-order valence-corrected chi connectivity index (χ4v) is 3.66. The van der Waals surface area contributed by atoms with E-state index in [4.69, 9.17) is 14.6 Å². The van der Waals surface area contributed by atoms with Crippen LogP contribution in [-0.4, -0.2) is 58.2 Å². The number of methoxy groups -OCH3 is 1. The van der Waals surface area contributed by atoms with Crippen LogP contribution in [0.25, 0.3) is 0 Å². The molecular weight excluding hydrogens is 338 g/mol. The topological polar surface area (TPSA) is 96.3 Å². The van der Waals surface area contributed by atoms with Crippen molar-refractivity contribution < 1.29 is 29.4 Å². The number of piperidine rings is 1. The van der Waals surface area contributed by atoms with Gasteiger partial charge in [0, 0.05) is 24.3 Å². The quantitative estimate of drug-likeness (QED) is 0.365. The number of ether oxygens (including phenoxy) is 2. The number of carboxylic acid groups (broad SMARTS) is 1. The van der Waals surface area contributed by atoms with Crippen molar-refractivity contribution in [1.82, 2.24) is 5.06 Å². The number of aliphatic carboxylic acids is 1. The number of esters is 1. The van der Waals surface area contributed by atoms with Crippen molar-refractivity contribution in [2.45, 2.75) is 77.0 Å². The first-order valence-electron chi connectivity index (χ1n) is 9.09. The lowest BCUT2D eigenvalue weighted by Crippen LogP contribution is -2.60. The molecule has 0 amide bonds. The zero-order chi connectivity index (χ0) is 20.0. The Morgan fingerprint density at radius 2 is 1.77 bits per heavy atom. The molecule has 1 atom stereocenters. The van der Waals surface area contributed by atoms with E-state index in [1.165, 1.54) is 18.2 Å². The SMILES string of the molecule is COC(/C=C/C(=O)O)CCCCOC(=O)C1CC(C)(C)N(O)C(C)(C)C1. The highest BCUT2D eigenvalue weighted by molar-refractivity contribution is 5.79. The van der Waals surface area contributed by atoms with Crippen LogP contribution in [0.4, 0.5) is 0 Å². The average Bonchev–Trinajstić information content (AvgIpc) is 2.54. The first-order valence-corrected chi connectivity index (χ1v) is 9.09. The molecule has 150 valence electrons. The van der Waals surface area contributed by atoms with Gasteiger partial charge < -0.3 is 19.8 Å². The summed E-state index contributed by atoms with van der Waals surface area (Å²) in [6.07, 6.45) is 5.57. The predicted octanol–water partition coefficient (Wildman–Crippen LogP) is 3.01. The van der Waals surface area contributed by atoms with Crippen molar-refractivity contribution in [3.05, 3.63) is 12.2 Å². The molecule has 0 aromatic carbocycles. The van der Waals surface area contributed by atoms with Crippen LogP contribution in [0.1, 0.15) is 59.8 Å². The van der Waals surface area contributed by atoms with Gasteiger partial charge in [0.2, 0.25) is 0 Å². The van der Waals surface area contributed by atoms with Crippen molar-refractivity contribution in [2.24, 2.45) is 5.92 Å². The summed E-state index contributed by atoms with van der Waals surface area (Å²) < 4.78 is 10.6. The highest BCUT2D eigenvalue weighted by Crippen LogP contribution is 2.40. The Labute approximate surface area is 155 Å². The Bertz CT molecular complexity index is 496. The minimum absolute atomic E-state index is 0.215. The van der Waals surface area contributed by atoms with Crippen LogP contribution in [0.3, 0.4) is 0 Å². The molecule has 1 rings (SSSR count). The van der Waals surface area contributed by atoms with E-state index in [-0.39, 0.29) is 18.0 Å². The lowest BCUT2D eigenvalue weighted by molar-refractivity contribution is -0.251. The first kappa shape index (κ1) is 22.6. The second kappa shape index (κ2) is 9.48. The minimum Gasteiger partial charge on any atom is -0.478 e. The van der Waals surface area contributed by atoms with Gasteiger partial charge in [-0.25, -0.2) is 4.79 Å². The highest BCUT2D eigenvalue weighted by atomic mass is 16.5. The van der Waals surface area contributed by atoms with Crippen LogP contribution in [-0.2, 0) is 19.1 Å². The molecule has 1 aliphatic heterocycles. The van der Waals surface area contributed by atoms with E-state index in [9.17, 15) is 14.8 Å². The van der Waals surface area contributed by atoms with Crippen LogP contribution >= 0.6 is 0 Å². The van der Waals surface area contributed by atoms with Gasteiger partial charge in [-0.15, -0.1) is 0 Å². The zero-order valence-corrected chi connectivity index (χ0v) is 16.5. The number of rotatable bonds is 9. The molecule has 26 heavy (non-hydrogen) atoms. The number of carbonyl (C=O) groups is 2. The molecule has 1 saturated heterocycles. The Balaban J connectivity index is 2.37. The molecule has 1 aliphatic rings. The number of nitrogens with zero attached hydrogens (tertiary/aromatic N) is 1. The van der Waals surface area contributed by atoms with Gasteiger partial charge in [-0.2, -0.15) is 5.06 Å². The van der Waals surface area contributed by atoms with Crippen LogP contribution in [0.2, 0.25) is 0 Å². The second-order valence-corrected chi connectivity index (χ2v) is 8.18. The van der Waals surface area contributed by atoms with Gasteiger partial charge in [-0.05, 0) is 65.9 Å². The largest absolute Gasteiger partial charge is 0.478 e. The molecule has 2 N–H and O–H groups in total. The molecule has 0 radical (unpaired) electrons. The lowest BCUT2D eigenvalue weighted by atomic mass is 9.75. The summed E-state index contributed by atoms with van der Waals surface area (Å²) in [5, 5.41) is 20.3. The van der Waals surface area contributed by atoms with E-state index < -0.39 is 17.0 Å². The number of hydrogen-bond donors (Lipinski definition) is 2. The molecule has 0 bridgehead atoms. The summed E-state index contributed by atoms with van der Waals surface area (Å²) in [4.78, 5) is 22.9. The highest BCUT2D eigenvalue weighted by Gasteiger charge is 2.47. The number of carboxylic acids is 1. The molecular formula is C19H33NO6. The number of unbranched alkanes of at least 4 members (excludes halogenated alkanes) is 1. The van der Waals surface area contributed by atoms with Gasteiger partial charge in [-0.3, -0.25) is 4.79 Å². The molecule has 1 unspecified atom stereocenters. The smallest absolute Gasteiger partial charge is 0.328 e. The summed E-state index contributed by atoms with van der Waals surface area (Å²) in [5.74, 6) is -1.44. The molecule has 0 aromatic heterocycles. The lowest BCUT2D eigenvalue weighted by Gasteiger charge is -2.50. The summed E-state index contributed by atoms with van der Waals surface area (Å²) in [6.45, 7) is 8.01. The fourth-order valence-electron chi connectivity index (χ4n) is 3.66. The van der Waals surface area contributed by atoms with Crippen LogP contribution in [0, 0.1) is 5.92 Å². The summed E-state index contributed by atoms with van der Waals surface area (Å²) in [7, 11) is 1.54. The molecule has 0 spiro atoms. The predicted molar refractivity (Wildman–Crippen MR) is 96.9 cm³/mol. The second-order valence-electron chi connectivity index (χ2n) is 8.18. The van der Waals surface area contributed by atoms with E-state index in [1.54, 1.807) is 0 Å². The molecule has 0 aromatic rings. The van der Waals surface area contributed by atoms with Gasteiger partial charge >= 0.3 is 11.9 Å². The Kier molecular flexibility index (Phi) is 8.24. The van der Waals surface area contributed by atoms with Crippen molar-refractivity contribution >= 4 is 11.9 Å². The maximum absolute atomic E-state index is 12.4. The summed E-state index contributed by atoms with van der Waals surface area (Å²) >= 11 is 0. The maximum atomic E-state index is 12.4. The molecule has 7 nitrogen and oxygen atoms in total. The van der Waals surface area contributed by atoms with Crippen molar-refractivity contribution in [3.8, 4) is 0 Å². The third kappa shape index (κ3) is 6.70. The molecule has 1 fully saturated rings. The Morgan fingerprint density at radius 3 is 2.27 bits per heavy atom. The van der Waals surface area contributed by atoms with Gasteiger partial charge in [0.05, 0.1) is 18.6 Å². The van der Waals surface area contributed by atoms with Gasteiger partial charge in [0.25, 0.3) is 0 Å². The Morgan fingerprint density at radius 1 is 1.19 bits per heavy atom. The van der Waals surface area contributed by atoms with Crippen LogP contribution in [0.15, 0.2) is 12.2 Å². The van der Waals surface area contributed by atoms with Crippen molar-refractivity contribution in [3.63, 3.8) is 0 Å². The van der Waals surface area contributed by atoms with E-state index >= 15 is 0 Å². The number of hydrogen-bond acceptors (Lipinski definition) is 6. The minimum atomic E-state index is -0.999. The Hall–Kier alpha value is -1.44. The van der Waals surface area contributed by atoms with E-state index in [0.717, 1.165) is 12.5 Å². The third-order valence-corrected chi connectivity index (χ3v) is 4.86. The molecule has 0 aliphatic carbocycles. The van der Waals surface area contributed by atoms with Crippen LogP contribution in [0.5, 0.6) is 0 Å². The van der Waals surface area contributed by atoms with Crippen LogP contribution < -0.4 is 0 Å². The van der Waals surface area contributed by atoms with Crippen molar-refractivity contribution in [2.75, 3.05) is 13.7 Å².